The molecule has 0 atom stereocenters. The van der Waals surface area contributed by atoms with Gasteiger partial charge in [-0.3, -0.25) is 9.59 Å². The first-order valence-electron chi connectivity index (χ1n) is 13.3. The quantitative estimate of drug-likeness (QED) is 0.239. The fourth-order valence-electron chi connectivity index (χ4n) is 4.60. The summed E-state index contributed by atoms with van der Waals surface area (Å²) < 4.78 is 44.2. The summed E-state index contributed by atoms with van der Waals surface area (Å²) in [6, 6.07) is 5.45. The largest absolute Gasteiger partial charge is 0.497 e. The van der Waals surface area contributed by atoms with E-state index in [4.69, 9.17) is 14.2 Å². The third-order valence-corrected chi connectivity index (χ3v) is 10.0. The second-order valence-corrected chi connectivity index (χ2v) is 13.5. The fourth-order valence-corrected chi connectivity index (χ4v) is 8.01. The molecule has 0 saturated heterocycles. The van der Waals surface area contributed by atoms with Gasteiger partial charge in [-0.25, -0.2) is 13.2 Å². The molecule has 0 spiro atoms. The zero-order valence-corrected chi connectivity index (χ0v) is 25.6. The maximum atomic E-state index is 12.8. The maximum absolute atomic E-state index is 12.8. The summed E-state index contributed by atoms with van der Waals surface area (Å²) in [4.78, 5) is 43.6. The first-order chi connectivity index (χ1) is 19.7. The van der Waals surface area contributed by atoms with Gasteiger partial charge in [-0.2, -0.15) is 4.99 Å². The van der Waals surface area contributed by atoms with Crippen LogP contribution in [0, 0.1) is 0 Å². The van der Waals surface area contributed by atoms with Gasteiger partial charge >= 0.3 is 5.97 Å². The Hall–Kier alpha value is -3.07. The summed E-state index contributed by atoms with van der Waals surface area (Å²) in [5, 5.41) is 2.86. The number of carbonyl (C=O) groups is 3. The number of aryl methyl sites for hydroxylation is 1. The number of thiophene rings is 1. The number of anilines is 1. The van der Waals surface area contributed by atoms with Crippen LogP contribution in [-0.4, -0.2) is 69.2 Å². The molecular weight excluding hydrogens is 591 g/mol. The molecule has 14 heteroatoms. The summed E-state index contributed by atoms with van der Waals surface area (Å²) in [5.74, 6) is -3.48. The number of hydrogen-bond acceptors (Lipinski definition) is 10. The number of carbonyl (C=O) groups excluding carboxylic acids is 3. The van der Waals surface area contributed by atoms with Crippen molar-refractivity contribution < 1.29 is 37.0 Å². The Balaban J connectivity index is 1.51. The maximum Gasteiger partial charge on any atom is 0.341 e. The Morgan fingerprint density at radius 2 is 1.85 bits per heavy atom. The van der Waals surface area contributed by atoms with Crippen LogP contribution in [0.3, 0.4) is 0 Å². The van der Waals surface area contributed by atoms with E-state index in [0.717, 1.165) is 39.9 Å². The van der Waals surface area contributed by atoms with Crippen molar-refractivity contribution >= 4 is 65.5 Å². The van der Waals surface area contributed by atoms with E-state index in [1.54, 1.807) is 24.7 Å². The number of hydrogen-bond donors (Lipinski definition) is 1. The lowest BCUT2D eigenvalue weighted by Gasteiger charge is -2.12. The molecule has 1 aliphatic carbocycles. The van der Waals surface area contributed by atoms with Gasteiger partial charge < -0.3 is 24.1 Å². The molecule has 2 aromatic heterocycles. The molecule has 3 aromatic rings. The van der Waals surface area contributed by atoms with Crippen molar-refractivity contribution in [1.29, 1.82) is 0 Å². The average molecular weight is 624 g/mol. The first kappa shape index (κ1) is 30.9. The molecule has 2 amide bonds. The van der Waals surface area contributed by atoms with Gasteiger partial charge in [0.1, 0.15) is 22.3 Å². The lowest BCUT2D eigenvalue weighted by molar-refractivity contribution is -0.115. The van der Waals surface area contributed by atoms with E-state index in [1.807, 2.05) is 19.1 Å². The van der Waals surface area contributed by atoms with Crippen LogP contribution in [0.25, 0.3) is 10.2 Å². The number of rotatable bonds is 12. The lowest BCUT2D eigenvalue weighted by Crippen LogP contribution is -2.28. The van der Waals surface area contributed by atoms with Crippen molar-refractivity contribution in [2.24, 2.45) is 4.99 Å². The van der Waals surface area contributed by atoms with Crippen molar-refractivity contribution in [1.82, 2.24) is 4.57 Å². The minimum atomic E-state index is -4.16. The minimum Gasteiger partial charge on any atom is -0.497 e. The average Bonchev–Trinajstić information content (AvgIpc) is 3.44. The van der Waals surface area contributed by atoms with E-state index in [2.05, 4.69) is 10.3 Å². The van der Waals surface area contributed by atoms with Gasteiger partial charge in [-0.15, -0.1) is 11.3 Å². The second kappa shape index (κ2) is 13.7. The Kier molecular flexibility index (Phi) is 10.3. The second-order valence-electron chi connectivity index (χ2n) is 9.29. The first-order valence-corrected chi connectivity index (χ1v) is 16.8. The molecule has 0 unspecified atom stereocenters. The van der Waals surface area contributed by atoms with Crippen LogP contribution in [0.2, 0.25) is 0 Å². The molecule has 0 radical (unpaired) electrons. The van der Waals surface area contributed by atoms with E-state index < -0.39 is 39.1 Å². The smallest absolute Gasteiger partial charge is 0.341 e. The molecule has 1 N–H and O–H groups in total. The van der Waals surface area contributed by atoms with Crippen LogP contribution in [0.1, 0.15) is 47.5 Å². The number of nitrogens with one attached hydrogen (secondary N) is 1. The highest BCUT2D eigenvalue weighted by atomic mass is 32.2. The Bertz CT molecular complexity index is 1620. The monoisotopic (exact) mass is 623 g/mol. The van der Waals surface area contributed by atoms with Gasteiger partial charge in [-0.1, -0.05) is 11.3 Å². The molecule has 222 valence electrons. The molecule has 0 aliphatic heterocycles. The highest BCUT2D eigenvalue weighted by molar-refractivity contribution is 7.92. The van der Waals surface area contributed by atoms with Crippen LogP contribution in [0.15, 0.2) is 23.2 Å². The molecule has 2 heterocycles. The van der Waals surface area contributed by atoms with E-state index in [9.17, 15) is 22.8 Å². The fraction of sp³-hybridized carbons (Fsp3) is 0.481. The molecule has 41 heavy (non-hydrogen) atoms. The predicted molar refractivity (Wildman–Crippen MR) is 158 cm³/mol. The SMILES string of the molecule is CCOCCn1c(=NC(=O)CS(=O)(=O)CC(=O)Nc2sc3c(c2C(=O)OCC)CCCC3)sc2cc(OC)ccc21. The number of methoxy groups -OCH3 is 1. The normalized spacial score (nSPS) is 13.7. The summed E-state index contributed by atoms with van der Waals surface area (Å²) >= 11 is 2.49. The van der Waals surface area contributed by atoms with Gasteiger partial charge in [0.25, 0.3) is 5.91 Å². The number of amides is 2. The summed E-state index contributed by atoms with van der Waals surface area (Å²) in [5.41, 5.74) is 1.95. The van der Waals surface area contributed by atoms with Crippen molar-refractivity contribution in [2.45, 2.75) is 46.1 Å². The molecule has 4 rings (SSSR count). The number of thiazole rings is 1. The molecule has 0 saturated carbocycles. The molecule has 1 aliphatic rings. The van der Waals surface area contributed by atoms with E-state index in [0.29, 0.717) is 42.3 Å². The van der Waals surface area contributed by atoms with Crippen LogP contribution in [-0.2, 0) is 48.3 Å². The van der Waals surface area contributed by atoms with Crippen molar-refractivity contribution in [3.63, 3.8) is 0 Å². The third-order valence-electron chi connectivity index (χ3n) is 6.37. The third kappa shape index (κ3) is 7.61. The minimum absolute atomic E-state index is 0.176. The summed E-state index contributed by atoms with van der Waals surface area (Å²) in [7, 11) is -2.60. The Morgan fingerprint density at radius 1 is 1.07 bits per heavy atom. The number of ether oxygens (including phenoxy) is 3. The van der Waals surface area contributed by atoms with Gasteiger partial charge in [-0.05, 0) is 63.3 Å². The van der Waals surface area contributed by atoms with Crippen molar-refractivity contribution in [2.75, 3.05) is 43.8 Å². The highest BCUT2D eigenvalue weighted by Crippen LogP contribution is 2.38. The zero-order chi connectivity index (χ0) is 29.6. The molecule has 0 fully saturated rings. The number of fused-ring (bicyclic) bond motifs is 2. The van der Waals surface area contributed by atoms with Crippen LogP contribution in [0.4, 0.5) is 5.00 Å². The number of nitrogens with zero attached hydrogens (tertiary/aromatic N) is 2. The van der Waals surface area contributed by atoms with Gasteiger partial charge in [0.05, 0.1) is 36.1 Å². The molecule has 11 nitrogen and oxygen atoms in total. The molecular formula is C27H33N3O8S3. The molecule has 1 aromatic carbocycles. The number of aromatic nitrogens is 1. The Labute approximate surface area is 246 Å². The van der Waals surface area contributed by atoms with Gasteiger partial charge in [0, 0.05) is 18.0 Å². The topological polar surface area (TPSA) is 142 Å². The lowest BCUT2D eigenvalue weighted by atomic mass is 9.95. The van der Waals surface area contributed by atoms with E-state index in [-0.39, 0.29) is 11.6 Å². The number of benzene rings is 1. The predicted octanol–water partition coefficient (Wildman–Crippen LogP) is 3.35. The Morgan fingerprint density at radius 3 is 2.59 bits per heavy atom. The van der Waals surface area contributed by atoms with Crippen LogP contribution < -0.4 is 14.9 Å². The van der Waals surface area contributed by atoms with Crippen molar-refractivity contribution in [3.8, 4) is 5.75 Å². The summed E-state index contributed by atoms with van der Waals surface area (Å²) in [6.07, 6.45) is 3.37. The molecule has 0 bridgehead atoms. The zero-order valence-electron chi connectivity index (χ0n) is 23.2. The van der Waals surface area contributed by atoms with E-state index >= 15 is 0 Å². The van der Waals surface area contributed by atoms with E-state index in [1.165, 1.54) is 22.7 Å². The van der Waals surface area contributed by atoms with Gasteiger partial charge in [0.2, 0.25) is 5.91 Å². The highest BCUT2D eigenvalue weighted by Gasteiger charge is 2.29. The summed E-state index contributed by atoms with van der Waals surface area (Å²) in [6.45, 7) is 5.07. The standard InChI is InChI=1S/C27H33N3O8S3/c1-4-37-13-12-30-19-11-10-17(36-3)14-21(19)40-27(30)29-23(32)16-41(34,35)15-22(31)28-25-24(26(33)38-5-2)18-8-6-7-9-20(18)39-25/h10-11,14H,4-9,12-13,15-16H2,1-3H3,(H,28,31). The van der Waals surface area contributed by atoms with Gasteiger partial charge in [0.15, 0.2) is 14.6 Å². The number of sulfone groups is 1. The van der Waals surface area contributed by atoms with Crippen LogP contribution in [0.5, 0.6) is 5.75 Å². The van der Waals surface area contributed by atoms with Crippen LogP contribution >= 0.6 is 22.7 Å². The number of esters is 1. The van der Waals surface area contributed by atoms with Crippen molar-refractivity contribution in [3.05, 3.63) is 39.0 Å².